The first-order chi connectivity index (χ1) is 10.6. The number of hydrogen-bond acceptors (Lipinski definition) is 3. The van der Waals surface area contributed by atoms with Gasteiger partial charge in [-0.1, -0.05) is 30.3 Å². The van der Waals surface area contributed by atoms with Gasteiger partial charge in [0.25, 0.3) is 0 Å². The van der Waals surface area contributed by atoms with E-state index in [1.807, 2.05) is 35.2 Å². The van der Waals surface area contributed by atoms with E-state index >= 15 is 0 Å². The van der Waals surface area contributed by atoms with Gasteiger partial charge in [-0.2, -0.15) is 0 Å². The normalized spacial score (nSPS) is 18.1. The summed E-state index contributed by atoms with van der Waals surface area (Å²) in [7, 11) is 0. The number of hydrogen-bond donors (Lipinski definition) is 1. The molecular formula is C17H25N3O2. The average molecular weight is 303 g/mol. The zero-order chi connectivity index (χ0) is 15.9. The second-order valence-corrected chi connectivity index (χ2v) is 5.87. The zero-order valence-corrected chi connectivity index (χ0v) is 13.4. The number of nitrogens with one attached hydrogen (secondary N) is 1. The number of rotatable bonds is 5. The summed E-state index contributed by atoms with van der Waals surface area (Å²) >= 11 is 0. The van der Waals surface area contributed by atoms with Crippen molar-refractivity contribution in [2.75, 3.05) is 26.2 Å². The summed E-state index contributed by atoms with van der Waals surface area (Å²) in [4.78, 5) is 27.7. The lowest BCUT2D eigenvalue weighted by atomic mass is 10.2. The molecule has 5 heteroatoms. The summed E-state index contributed by atoms with van der Waals surface area (Å²) in [6.45, 7) is 7.01. The van der Waals surface area contributed by atoms with Gasteiger partial charge in [0.1, 0.15) is 0 Å². The summed E-state index contributed by atoms with van der Waals surface area (Å²) in [5, 5.41) is 3.32. The second-order valence-electron chi connectivity index (χ2n) is 5.87. The molecule has 1 heterocycles. The Morgan fingerprint density at radius 1 is 1.32 bits per heavy atom. The fourth-order valence-corrected chi connectivity index (χ4v) is 2.70. The van der Waals surface area contributed by atoms with Gasteiger partial charge in [-0.3, -0.25) is 9.59 Å². The van der Waals surface area contributed by atoms with E-state index in [-0.39, 0.29) is 11.8 Å². The first-order valence-corrected chi connectivity index (χ1v) is 7.87. The molecule has 1 aliphatic heterocycles. The van der Waals surface area contributed by atoms with Crippen LogP contribution in [0.2, 0.25) is 0 Å². The van der Waals surface area contributed by atoms with Gasteiger partial charge >= 0.3 is 0 Å². The van der Waals surface area contributed by atoms with E-state index in [0.29, 0.717) is 25.6 Å². The first kappa shape index (κ1) is 16.5. The van der Waals surface area contributed by atoms with Crippen LogP contribution in [0.4, 0.5) is 0 Å². The van der Waals surface area contributed by atoms with E-state index in [1.165, 1.54) is 0 Å². The Balaban J connectivity index is 1.86. The third-order valence-corrected chi connectivity index (χ3v) is 3.98. The van der Waals surface area contributed by atoms with E-state index < -0.39 is 0 Å². The SMILES string of the molecule is CC(=O)N(CCC(=O)N1CCNC(C)C1)Cc1ccccc1. The monoisotopic (exact) mass is 303 g/mol. The third kappa shape index (κ3) is 4.84. The van der Waals surface area contributed by atoms with Crippen molar-refractivity contribution in [2.45, 2.75) is 32.9 Å². The third-order valence-electron chi connectivity index (χ3n) is 3.98. The molecular weight excluding hydrogens is 278 g/mol. The lowest BCUT2D eigenvalue weighted by molar-refractivity contribution is -0.134. The number of carbonyl (C=O) groups is 2. The number of carbonyl (C=O) groups excluding carboxylic acids is 2. The molecule has 2 amide bonds. The molecule has 2 rings (SSSR count). The molecule has 0 bridgehead atoms. The lowest BCUT2D eigenvalue weighted by Gasteiger charge is -2.32. The number of nitrogens with zero attached hydrogens (tertiary/aromatic N) is 2. The number of benzene rings is 1. The molecule has 1 saturated heterocycles. The largest absolute Gasteiger partial charge is 0.340 e. The standard InChI is InChI=1S/C17H25N3O2/c1-14-12-20(11-9-18-14)17(22)8-10-19(15(2)21)13-16-6-4-3-5-7-16/h3-7,14,18H,8-13H2,1-2H3. The van der Waals surface area contributed by atoms with Gasteiger partial charge in [-0.05, 0) is 12.5 Å². The summed E-state index contributed by atoms with van der Waals surface area (Å²) in [5.74, 6) is 0.137. The highest BCUT2D eigenvalue weighted by molar-refractivity contribution is 5.78. The van der Waals surface area contributed by atoms with Crippen LogP contribution in [-0.2, 0) is 16.1 Å². The molecule has 1 atom stereocenters. The van der Waals surface area contributed by atoms with Crippen molar-refractivity contribution in [3.8, 4) is 0 Å². The van der Waals surface area contributed by atoms with Crippen LogP contribution in [0.15, 0.2) is 30.3 Å². The molecule has 1 aromatic carbocycles. The molecule has 1 aromatic rings. The van der Waals surface area contributed by atoms with Crippen molar-refractivity contribution in [1.29, 1.82) is 0 Å². The molecule has 1 N–H and O–H groups in total. The Labute approximate surface area is 132 Å². The van der Waals surface area contributed by atoms with Gasteiger partial charge in [0.15, 0.2) is 0 Å². The fourth-order valence-electron chi connectivity index (χ4n) is 2.70. The fraction of sp³-hybridized carbons (Fsp3) is 0.529. The predicted octanol–water partition coefficient (Wildman–Crippen LogP) is 1.25. The summed E-state index contributed by atoms with van der Waals surface area (Å²) in [6, 6.07) is 10.2. The smallest absolute Gasteiger partial charge is 0.224 e. The Morgan fingerprint density at radius 2 is 2.05 bits per heavy atom. The second kappa shape index (κ2) is 7.94. The minimum atomic E-state index is 0.00494. The summed E-state index contributed by atoms with van der Waals surface area (Å²) in [5.41, 5.74) is 1.08. The molecule has 0 spiro atoms. The molecule has 1 aliphatic rings. The molecule has 5 nitrogen and oxygen atoms in total. The maximum absolute atomic E-state index is 12.3. The van der Waals surface area contributed by atoms with E-state index in [4.69, 9.17) is 0 Å². The van der Waals surface area contributed by atoms with Crippen molar-refractivity contribution in [3.63, 3.8) is 0 Å². The summed E-state index contributed by atoms with van der Waals surface area (Å²) < 4.78 is 0. The number of piperazine rings is 1. The van der Waals surface area contributed by atoms with Gasteiger partial charge in [0.2, 0.25) is 11.8 Å². The van der Waals surface area contributed by atoms with Crippen LogP contribution < -0.4 is 5.32 Å². The first-order valence-electron chi connectivity index (χ1n) is 7.87. The molecule has 0 saturated carbocycles. The molecule has 120 valence electrons. The van der Waals surface area contributed by atoms with Crippen molar-refractivity contribution in [1.82, 2.24) is 15.1 Å². The maximum atomic E-state index is 12.3. The molecule has 0 aliphatic carbocycles. The van der Waals surface area contributed by atoms with Crippen LogP contribution in [0.3, 0.4) is 0 Å². The maximum Gasteiger partial charge on any atom is 0.224 e. The average Bonchev–Trinajstić information content (AvgIpc) is 2.51. The van der Waals surface area contributed by atoms with Crippen LogP contribution in [0.5, 0.6) is 0 Å². The summed E-state index contributed by atoms with van der Waals surface area (Å²) in [6.07, 6.45) is 0.388. The van der Waals surface area contributed by atoms with Crippen molar-refractivity contribution in [3.05, 3.63) is 35.9 Å². The zero-order valence-electron chi connectivity index (χ0n) is 13.4. The minimum absolute atomic E-state index is 0.00494. The Hall–Kier alpha value is -1.88. The minimum Gasteiger partial charge on any atom is -0.340 e. The van der Waals surface area contributed by atoms with E-state index in [9.17, 15) is 9.59 Å². The van der Waals surface area contributed by atoms with Gasteiger partial charge < -0.3 is 15.1 Å². The Bertz CT molecular complexity index is 504. The van der Waals surface area contributed by atoms with Gasteiger partial charge in [-0.15, -0.1) is 0 Å². The van der Waals surface area contributed by atoms with Gasteiger partial charge in [-0.25, -0.2) is 0 Å². The predicted molar refractivity (Wildman–Crippen MR) is 86.2 cm³/mol. The lowest BCUT2D eigenvalue weighted by Crippen LogP contribution is -2.51. The highest BCUT2D eigenvalue weighted by Gasteiger charge is 2.21. The Morgan fingerprint density at radius 3 is 2.68 bits per heavy atom. The van der Waals surface area contributed by atoms with Crippen LogP contribution in [-0.4, -0.2) is 53.8 Å². The molecule has 1 unspecified atom stereocenters. The van der Waals surface area contributed by atoms with E-state index in [0.717, 1.165) is 25.2 Å². The van der Waals surface area contributed by atoms with Crippen LogP contribution in [0, 0.1) is 0 Å². The molecule has 0 radical (unpaired) electrons. The molecule has 22 heavy (non-hydrogen) atoms. The van der Waals surface area contributed by atoms with Crippen LogP contribution in [0.25, 0.3) is 0 Å². The Kier molecular flexibility index (Phi) is 5.95. The quantitative estimate of drug-likeness (QED) is 0.890. The van der Waals surface area contributed by atoms with E-state index in [1.54, 1.807) is 11.8 Å². The van der Waals surface area contributed by atoms with Crippen molar-refractivity contribution in [2.24, 2.45) is 0 Å². The van der Waals surface area contributed by atoms with Gasteiger partial charge in [0.05, 0.1) is 0 Å². The number of amides is 2. The van der Waals surface area contributed by atoms with E-state index in [2.05, 4.69) is 12.2 Å². The molecule has 0 aromatic heterocycles. The van der Waals surface area contributed by atoms with Crippen LogP contribution in [0.1, 0.15) is 25.8 Å². The van der Waals surface area contributed by atoms with Gasteiger partial charge in [0, 0.05) is 52.1 Å². The van der Waals surface area contributed by atoms with Crippen molar-refractivity contribution >= 4 is 11.8 Å². The highest BCUT2D eigenvalue weighted by Crippen LogP contribution is 2.07. The van der Waals surface area contributed by atoms with Crippen molar-refractivity contribution < 1.29 is 9.59 Å². The van der Waals surface area contributed by atoms with Crippen LogP contribution >= 0.6 is 0 Å². The topological polar surface area (TPSA) is 52.7 Å². The highest BCUT2D eigenvalue weighted by atomic mass is 16.2. The molecule has 1 fully saturated rings.